The molecule has 0 spiro atoms. The van der Waals surface area contributed by atoms with E-state index < -0.39 is 0 Å². The van der Waals surface area contributed by atoms with Gasteiger partial charge in [-0.1, -0.05) is 0 Å². The number of allylic oxidation sites excluding steroid dienone is 2. The van der Waals surface area contributed by atoms with Crippen molar-refractivity contribution in [2.45, 2.75) is 13.8 Å². The van der Waals surface area contributed by atoms with Gasteiger partial charge in [0.05, 0.1) is 12.3 Å². The van der Waals surface area contributed by atoms with E-state index in [9.17, 15) is 5.26 Å². The van der Waals surface area contributed by atoms with E-state index in [1.54, 1.807) is 18.2 Å². The number of nitriles is 3. The lowest BCUT2D eigenvalue weighted by atomic mass is 10.1. The standard InChI is InChI=1S/C20H15N7O/c1-3-28-16-6-4-15(5-7-16)27-25-18-8-13(2)17(9-19(18)26-27)24-20(12-23)14(10-21)11-22/h4-9,24H,3H2,1-2H3. The fourth-order valence-electron chi connectivity index (χ4n) is 2.58. The Bertz CT molecular complexity index is 1170. The number of ether oxygens (including phenoxy) is 1. The van der Waals surface area contributed by atoms with Gasteiger partial charge >= 0.3 is 0 Å². The number of hydrogen-bond acceptors (Lipinski definition) is 7. The molecule has 3 aromatic rings. The molecule has 0 bridgehead atoms. The summed E-state index contributed by atoms with van der Waals surface area (Å²) >= 11 is 0. The molecule has 0 fully saturated rings. The summed E-state index contributed by atoms with van der Waals surface area (Å²) in [4.78, 5) is 1.51. The minimum Gasteiger partial charge on any atom is -0.494 e. The van der Waals surface area contributed by atoms with Crippen molar-refractivity contribution in [2.75, 3.05) is 11.9 Å². The predicted octanol–water partition coefficient (Wildman–Crippen LogP) is 3.36. The molecule has 3 rings (SSSR count). The van der Waals surface area contributed by atoms with Crippen LogP contribution in [0.15, 0.2) is 47.7 Å². The quantitative estimate of drug-likeness (QED) is 0.684. The van der Waals surface area contributed by atoms with Gasteiger partial charge in [-0.15, -0.1) is 10.2 Å². The maximum atomic E-state index is 9.22. The summed E-state index contributed by atoms with van der Waals surface area (Å²) in [5, 5.41) is 39.0. The van der Waals surface area contributed by atoms with Crippen molar-refractivity contribution in [2.24, 2.45) is 0 Å². The van der Waals surface area contributed by atoms with E-state index in [1.807, 2.05) is 50.2 Å². The first-order valence-electron chi connectivity index (χ1n) is 8.42. The van der Waals surface area contributed by atoms with E-state index in [0.29, 0.717) is 23.3 Å². The Hall–Kier alpha value is -4.35. The zero-order chi connectivity index (χ0) is 20.1. The van der Waals surface area contributed by atoms with Crippen LogP contribution in [0, 0.1) is 40.9 Å². The number of nitrogens with one attached hydrogen (secondary N) is 1. The van der Waals surface area contributed by atoms with Crippen LogP contribution in [0.2, 0.25) is 0 Å². The van der Waals surface area contributed by atoms with E-state index in [1.165, 1.54) is 4.80 Å². The average molecular weight is 369 g/mol. The molecule has 1 N–H and O–H groups in total. The van der Waals surface area contributed by atoms with Crippen LogP contribution in [0.5, 0.6) is 5.75 Å². The lowest BCUT2D eigenvalue weighted by Crippen LogP contribution is -2.02. The van der Waals surface area contributed by atoms with Crippen LogP contribution in [0.4, 0.5) is 5.69 Å². The maximum Gasteiger partial charge on any atom is 0.163 e. The highest BCUT2D eigenvalue weighted by molar-refractivity contribution is 5.81. The number of nitrogens with zero attached hydrogens (tertiary/aromatic N) is 6. The summed E-state index contributed by atoms with van der Waals surface area (Å²) < 4.78 is 5.44. The van der Waals surface area contributed by atoms with Crippen LogP contribution in [0.3, 0.4) is 0 Å². The van der Waals surface area contributed by atoms with E-state index in [0.717, 1.165) is 17.0 Å². The fraction of sp³-hybridized carbons (Fsp3) is 0.150. The predicted molar refractivity (Wildman–Crippen MR) is 102 cm³/mol. The fourth-order valence-corrected chi connectivity index (χ4v) is 2.58. The number of aromatic nitrogens is 3. The lowest BCUT2D eigenvalue weighted by molar-refractivity contribution is 0.340. The van der Waals surface area contributed by atoms with E-state index in [4.69, 9.17) is 15.3 Å². The third-order valence-corrected chi connectivity index (χ3v) is 3.95. The van der Waals surface area contributed by atoms with Gasteiger partial charge in [0, 0.05) is 5.69 Å². The third kappa shape index (κ3) is 3.60. The Balaban J connectivity index is 1.98. The maximum absolute atomic E-state index is 9.22. The van der Waals surface area contributed by atoms with Crippen LogP contribution in [0.1, 0.15) is 12.5 Å². The molecule has 0 aliphatic rings. The van der Waals surface area contributed by atoms with Gasteiger partial charge in [0.2, 0.25) is 0 Å². The third-order valence-electron chi connectivity index (χ3n) is 3.95. The van der Waals surface area contributed by atoms with E-state index >= 15 is 0 Å². The molecule has 1 heterocycles. The summed E-state index contributed by atoms with van der Waals surface area (Å²) in [5.41, 5.74) is 3.06. The first kappa shape index (κ1) is 18.4. The molecule has 0 saturated heterocycles. The van der Waals surface area contributed by atoms with Crippen molar-refractivity contribution < 1.29 is 4.74 Å². The zero-order valence-corrected chi connectivity index (χ0v) is 15.3. The van der Waals surface area contributed by atoms with Crippen molar-refractivity contribution in [3.05, 3.63) is 53.2 Å². The Labute approximate surface area is 161 Å². The monoisotopic (exact) mass is 369 g/mol. The largest absolute Gasteiger partial charge is 0.494 e. The number of rotatable bonds is 5. The molecule has 0 amide bonds. The Kier molecular flexibility index (Phi) is 5.21. The first-order chi connectivity index (χ1) is 13.6. The second-order valence-corrected chi connectivity index (χ2v) is 5.78. The smallest absolute Gasteiger partial charge is 0.163 e. The molecule has 8 nitrogen and oxygen atoms in total. The van der Waals surface area contributed by atoms with Crippen LogP contribution >= 0.6 is 0 Å². The number of anilines is 1. The Morgan fingerprint density at radius 2 is 1.68 bits per heavy atom. The minimum absolute atomic E-state index is 0.105. The van der Waals surface area contributed by atoms with Gasteiger partial charge in [-0.2, -0.15) is 20.6 Å². The van der Waals surface area contributed by atoms with Crippen molar-refractivity contribution in [3.63, 3.8) is 0 Å². The molecular weight excluding hydrogens is 354 g/mol. The molecule has 0 atom stereocenters. The van der Waals surface area contributed by atoms with Gasteiger partial charge in [-0.3, -0.25) is 0 Å². The van der Waals surface area contributed by atoms with Crippen LogP contribution < -0.4 is 10.1 Å². The molecule has 0 unspecified atom stereocenters. The lowest BCUT2D eigenvalue weighted by Gasteiger charge is -2.07. The Morgan fingerprint density at radius 3 is 2.25 bits per heavy atom. The van der Waals surface area contributed by atoms with Crippen LogP contribution in [0.25, 0.3) is 16.7 Å². The van der Waals surface area contributed by atoms with Gasteiger partial charge in [-0.25, -0.2) is 0 Å². The SMILES string of the molecule is CCOc1ccc(-n2nc3cc(C)c(NC(C#N)=C(C#N)C#N)cc3n2)cc1. The molecular formula is C20H15N7O. The minimum atomic E-state index is -0.278. The van der Waals surface area contributed by atoms with Gasteiger partial charge in [0.15, 0.2) is 5.57 Å². The molecule has 0 saturated carbocycles. The zero-order valence-electron chi connectivity index (χ0n) is 15.3. The molecule has 2 aromatic carbocycles. The highest BCUT2D eigenvalue weighted by Crippen LogP contribution is 2.24. The summed E-state index contributed by atoms with van der Waals surface area (Å²) in [7, 11) is 0. The number of aryl methyl sites for hydroxylation is 1. The molecule has 28 heavy (non-hydrogen) atoms. The molecule has 1 aromatic heterocycles. The molecule has 0 aliphatic heterocycles. The van der Waals surface area contributed by atoms with Crippen LogP contribution in [-0.4, -0.2) is 21.6 Å². The summed E-state index contributed by atoms with van der Waals surface area (Å²) in [6, 6.07) is 16.2. The highest BCUT2D eigenvalue weighted by atomic mass is 16.5. The van der Waals surface area contributed by atoms with Crippen molar-refractivity contribution in [1.29, 1.82) is 15.8 Å². The van der Waals surface area contributed by atoms with Crippen molar-refractivity contribution in [1.82, 2.24) is 15.0 Å². The van der Waals surface area contributed by atoms with Crippen molar-refractivity contribution >= 4 is 16.7 Å². The molecule has 0 aliphatic carbocycles. The highest BCUT2D eigenvalue weighted by Gasteiger charge is 2.12. The number of hydrogen-bond donors (Lipinski definition) is 1. The normalized spacial score (nSPS) is 9.82. The van der Waals surface area contributed by atoms with Crippen molar-refractivity contribution in [3.8, 4) is 29.6 Å². The molecule has 136 valence electrons. The second-order valence-electron chi connectivity index (χ2n) is 5.78. The summed E-state index contributed by atoms with van der Waals surface area (Å²) in [6.07, 6.45) is 0. The Morgan fingerprint density at radius 1 is 1.04 bits per heavy atom. The first-order valence-corrected chi connectivity index (χ1v) is 8.42. The van der Waals surface area contributed by atoms with Gasteiger partial charge in [0.25, 0.3) is 0 Å². The number of benzene rings is 2. The summed E-state index contributed by atoms with van der Waals surface area (Å²) in [5.74, 6) is 0.770. The summed E-state index contributed by atoms with van der Waals surface area (Å²) in [6.45, 7) is 4.36. The molecule has 8 heteroatoms. The average Bonchev–Trinajstić information content (AvgIpc) is 3.11. The second kappa shape index (κ2) is 7.90. The molecule has 0 radical (unpaired) electrons. The van der Waals surface area contributed by atoms with E-state index in [2.05, 4.69) is 15.5 Å². The van der Waals surface area contributed by atoms with Crippen LogP contribution in [-0.2, 0) is 0 Å². The van der Waals surface area contributed by atoms with E-state index in [-0.39, 0.29) is 11.3 Å². The van der Waals surface area contributed by atoms with Gasteiger partial charge in [0.1, 0.15) is 40.7 Å². The van der Waals surface area contributed by atoms with Gasteiger partial charge < -0.3 is 10.1 Å². The van der Waals surface area contributed by atoms with Gasteiger partial charge in [-0.05, 0) is 55.8 Å². The topological polar surface area (TPSA) is 123 Å². The number of fused-ring (bicyclic) bond motifs is 1.